The summed E-state index contributed by atoms with van der Waals surface area (Å²) in [6.45, 7) is 1.93. The lowest BCUT2D eigenvalue weighted by molar-refractivity contribution is 0.102. The zero-order valence-corrected chi connectivity index (χ0v) is 12.5. The number of carbonyl (C=O) groups excluding carboxylic acids is 1. The van der Waals surface area contributed by atoms with Crippen molar-refractivity contribution < 1.29 is 9.18 Å². The Morgan fingerprint density at radius 1 is 1.23 bits per heavy atom. The van der Waals surface area contributed by atoms with Crippen LogP contribution in [0, 0.1) is 5.82 Å². The van der Waals surface area contributed by atoms with Crippen LogP contribution in [-0.4, -0.2) is 29.0 Å². The predicted octanol–water partition coefficient (Wildman–Crippen LogP) is 3.12. The molecule has 0 saturated carbocycles. The summed E-state index contributed by atoms with van der Waals surface area (Å²) in [6, 6.07) is 3.98. The first-order valence-corrected chi connectivity index (χ1v) is 7.35. The Morgan fingerprint density at radius 3 is 2.64 bits per heavy atom. The summed E-state index contributed by atoms with van der Waals surface area (Å²) < 4.78 is 13.1. The number of rotatable bonds is 3. The van der Waals surface area contributed by atoms with Crippen molar-refractivity contribution in [3.63, 3.8) is 0 Å². The molecule has 1 fully saturated rings. The Labute approximate surface area is 132 Å². The van der Waals surface area contributed by atoms with Crippen molar-refractivity contribution in [3.8, 4) is 0 Å². The van der Waals surface area contributed by atoms with E-state index in [1.165, 1.54) is 24.4 Å². The number of nitrogens with one attached hydrogen (secondary N) is 1. The smallest absolute Gasteiger partial charge is 0.275 e. The summed E-state index contributed by atoms with van der Waals surface area (Å²) >= 11 is 5.68. The van der Waals surface area contributed by atoms with Gasteiger partial charge in [-0.3, -0.25) is 4.79 Å². The summed E-state index contributed by atoms with van der Waals surface area (Å²) in [6.07, 6.45) is 5.33. The number of amides is 1. The lowest BCUT2D eigenvalue weighted by Gasteiger charge is -2.15. The number of halogens is 2. The van der Waals surface area contributed by atoms with E-state index in [4.69, 9.17) is 11.6 Å². The molecule has 7 heteroatoms. The third-order valence-electron chi connectivity index (χ3n) is 3.48. The van der Waals surface area contributed by atoms with E-state index in [-0.39, 0.29) is 10.7 Å². The Kier molecular flexibility index (Phi) is 4.20. The van der Waals surface area contributed by atoms with E-state index in [9.17, 15) is 9.18 Å². The second-order valence-corrected chi connectivity index (χ2v) is 5.44. The molecule has 0 radical (unpaired) electrons. The molecule has 114 valence electrons. The summed E-state index contributed by atoms with van der Waals surface area (Å²) in [7, 11) is 0. The van der Waals surface area contributed by atoms with Crippen LogP contribution in [0.2, 0.25) is 5.02 Å². The van der Waals surface area contributed by atoms with Crippen molar-refractivity contribution in [2.24, 2.45) is 0 Å². The summed E-state index contributed by atoms with van der Waals surface area (Å²) in [5.74, 6) is -0.170. The molecule has 0 unspecified atom stereocenters. The van der Waals surface area contributed by atoms with E-state index in [0.29, 0.717) is 5.69 Å². The predicted molar refractivity (Wildman–Crippen MR) is 82.8 cm³/mol. The number of hydrogen-bond donors (Lipinski definition) is 1. The van der Waals surface area contributed by atoms with Crippen LogP contribution in [0.1, 0.15) is 23.3 Å². The Balaban J connectivity index is 1.70. The van der Waals surface area contributed by atoms with Crippen LogP contribution in [0.5, 0.6) is 0 Å². The van der Waals surface area contributed by atoms with Crippen molar-refractivity contribution in [2.45, 2.75) is 12.8 Å². The zero-order valence-electron chi connectivity index (χ0n) is 11.7. The Hall–Kier alpha value is -2.21. The topological polar surface area (TPSA) is 58.1 Å². The van der Waals surface area contributed by atoms with Gasteiger partial charge in [0.05, 0.1) is 17.4 Å². The van der Waals surface area contributed by atoms with Gasteiger partial charge >= 0.3 is 0 Å². The van der Waals surface area contributed by atoms with Crippen LogP contribution >= 0.6 is 11.6 Å². The van der Waals surface area contributed by atoms with E-state index in [1.54, 1.807) is 6.20 Å². The molecule has 0 aliphatic carbocycles. The van der Waals surface area contributed by atoms with Gasteiger partial charge in [0.2, 0.25) is 0 Å². The van der Waals surface area contributed by atoms with Gasteiger partial charge in [-0.05, 0) is 31.0 Å². The first-order valence-electron chi connectivity index (χ1n) is 6.97. The average molecular weight is 321 g/mol. The zero-order chi connectivity index (χ0) is 15.5. The molecular formula is C15H14ClFN4O. The number of benzene rings is 1. The number of aromatic nitrogens is 2. The maximum absolute atomic E-state index is 13.1. The third-order valence-corrected chi connectivity index (χ3v) is 3.77. The fraction of sp³-hybridized carbons (Fsp3) is 0.267. The van der Waals surface area contributed by atoms with Gasteiger partial charge in [0.1, 0.15) is 17.3 Å². The molecular weight excluding hydrogens is 307 g/mol. The lowest BCUT2D eigenvalue weighted by Crippen LogP contribution is -2.20. The summed E-state index contributed by atoms with van der Waals surface area (Å²) in [5.41, 5.74) is 0.602. The van der Waals surface area contributed by atoms with Crippen molar-refractivity contribution >= 4 is 29.0 Å². The summed E-state index contributed by atoms with van der Waals surface area (Å²) in [4.78, 5) is 22.6. The highest BCUT2D eigenvalue weighted by molar-refractivity contribution is 6.31. The molecule has 1 aromatic heterocycles. The molecule has 0 atom stereocenters. The molecule has 0 bridgehead atoms. The van der Waals surface area contributed by atoms with Crippen LogP contribution < -0.4 is 10.2 Å². The molecule has 2 aromatic rings. The number of nitrogens with zero attached hydrogens (tertiary/aromatic N) is 3. The number of anilines is 2. The first-order chi connectivity index (χ1) is 10.6. The lowest BCUT2D eigenvalue weighted by atomic mass is 10.3. The van der Waals surface area contributed by atoms with Crippen molar-refractivity contribution in [1.82, 2.24) is 9.97 Å². The van der Waals surface area contributed by atoms with Crippen LogP contribution in [0.4, 0.5) is 15.9 Å². The number of hydrogen-bond acceptors (Lipinski definition) is 4. The van der Waals surface area contributed by atoms with Crippen molar-refractivity contribution in [1.29, 1.82) is 0 Å². The molecule has 1 aliphatic heterocycles. The normalized spacial score (nSPS) is 14.2. The van der Waals surface area contributed by atoms with Gasteiger partial charge in [0, 0.05) is 18.8 Å². The van der Waals surface area contributed by atoms with Crippen LogP contribution in [0.15, 0.2) is 30.6 Å². The Bertz CT molecular complexity index is 686. The van der Waals surface area contributed by atoms with Gasteiger partial charge in [0.15, 0.2) is 0 Å². The molecule has 1 N–H and O–H groups in total. The van der Waals surface area contributed by atoms with E-state index < -0.39 is 11.7 Å². The van der Waals surface area contributed by atoms with Crippen molar-refractivity contribution in [3.05, 3.63) is 47.1 Å². The quantitative estimate of drug-likeness (QED) is 0.944. The maximum atomic E-state index is 13.1. The highest BCUT2D eigenvalue weighted by Gasteiger charge is 2.15. The molecule has 2 heterocycles. The minimum atomic E-state index is -0.533. The minimum Gasteiger partial charge on any atom is -0.355 e. The van der Waals surface area contributed by atoms with Crippen LogP contribution in [0.3, 0.4) is 0 Å². The van der Waals surface area contributed by atoms with Crippen LogP contribution in [-0.2, 0) is 0 Å². The Morgan fingerprint density at radius 2 is 2.00 bits per heavy atom. The second-order valence-electron chi connectivity index (χ2n) is 5.04. The molecule has 1 amide bonds. The van der Waals surface area contributed by atoms with Gasteiger partial charge in [-0.1, -0.05) is 11.6 Å². The van der Waals surface area contributed by atoms with Gasteiger partial charge < -0.3 is 10.2 Å². The summed E-state index contributed by atoms with van der Waals surface area (Å²) in [5, 5.41) is 2.56. The number of carbonyl (C=O) groups is 1. The van der Waals surface area contributed by atoms with E-state index in [1.807, 2.05) is 0 Å². The molecule has 1 aliphatic rings. The maximum Gasteiger partial charge on any atom is 0.275 e. The molecule has 5 nitrogen and oxygen atoms in total. The van der Waals surface area contributed by atoms with Gasteiger partial charge in [-0.15, -0.1) is 0 Å². The fourth-order valence-corrected chi connectivity index (χ4v) is 2.50. The standard InChI is InChI=1S/C15H14ClFN4O/c16-11-7-10(3-4-12(11)17)20-15(22)13-8-19-14(9-18-13)21-5-1-2-6-21/h3-4,7-9H,1-2,5-6H2,(H,20,22). The minimum absolute atomic E-state index is 0.0479. The molecule has 0 spiro atoms. The largest absolute Gasteiger partial charge is 0.355 e. The molecule has 22 heavy (non-hydrogen) atoms. The first kappa shape index (κ1) is 14.7. The molecule has 1 aromatic carbocycles. The van der Waals surface area contributed by atoms with E-state index in [2.05, 4.69) is 20.2 Å². The SMILES string of the molecule is O=C(Nc1ccc(F)c(Cl)c1)c1cnc(N2CCCC2)cn1. The fourth-order valence-electron chi connectivity index (χ4n) is 2.32. The van der Waals surface area contributed by atoms with Gasteiger partial charge in [-0.2, -0.15) is 0 Å². The average Bonchev–Trinajstić information content (AvgIpc) is 3.05. The molecule has 3 rings (SSSR count). The van der Waals surface area contributed by atoms with E-state index in [0.717, 1.165) is 31.7 Å². The van der Waals surface area contributed by atoms with E-state index >= 15 is 0 Å². The highest BCUT2D eigenvalue weighted by Crippen LogP contribution is 2.20. The van der Waals surface area contributed by atoms with Crippen molar-refractivity contribution in [2.75, 3.05) is 23.3 Å². The van der Waals surface area contributed by atoms with Gasteiger partial charge in [-0.25, -0.2) is 14.4 Å². The highest BCUT2D eigenvalue weighted by atomic mass is 35.5. The van der Waals surface area contributed by atoms with Crippen LogP contribution in [0.25, 0.3) is 0 Å². The second kappa shape index (κ2) is 6.27. The molecule has 1 saturated heterocycles. The van der Waals surface area contributed by atoms with Gasteiger partial charge in [0.25, 0.3) is 5.91 Å². The monoisotopic (exact) mass is 320 g/mol. The third kappa shape index (κ3) is 3.17.